The topological polar surface area (TPSA) is 237 Å². The van der Waals surface area contributed by atoms with Crippen LogP contribution in [0.15, 0.2) is 158 Å². The maximum absolute atomic E-state index is 13.1. The molecule has 5 atom stereocenters. The first-order valence-electron chi connectivity index (χ1n) is 41.7. The molecule has 0 spiro atoms. The second-order valence-corrected chi connectivity index (χ2v) is 30.2. The van der Waals surface area contributed by atoms with E-state index in [1.165, 1.54) is 38.5 Å². The zero-order valence-electron chi connectivity index (χ0n) is 67.5. The zero-order valence-corrected chi connectivity index (χ0v) is 69.3. The fourth-order valence-electron chi connectivity index (χ4n) is 10.7. The quantitative estimate of drug-likeness (QED) is 0.0169. The Kier molecular flexibility index (Phi) is 75.8. The molecule has 0 heterocycles. The van der Waals surface area contributed by atoms with Gasteiger partial charge in [-0.15, -0.1) is 0 Å². The Balaban J connectivity index is 5.46. The van der Waals surface area contributed by atoms with Crippen LogP contribution in [0, 0.1) is 0 Å². The van der Waals surface area contributed by atoms with Crippen LogP contribution < -0.4 is 0 Å². The van der Waals surface area contributed by atoms with Gasteiger partial charge in [0.2, 0.25) is 0 Å². The Labute approximate surface area is 655 Å². The molecule has 0 radical (unpaired) electrons. The molecule has 0 aromatic heterocycles. The lowest BCUT2D eigenvalue weighted by molar-refractivity contribution is -0.161. The summed E-state index contributed by atoms with van der Waals surface area (Å²) in [4.78, 5) is 73.2. The van der Waals surface area contributed by atoms with Crippen LogP contribution in [0.5, 0.6) is 0 Å². The highest BCUT2D eigenvalue weighted by atomic mass is 31.2. The van der Waals surface area contributed by atoms with Gasteiger partial charge in [-0.05, 0) is 173 Å². The maximum Gasteiger partial charge on any atom is 0.472 e. The van der Waals surface area contributed by atoms with Gasteiger partial charge in [0, 0.05) is 25.7 Å². The number of phosphoric ester groups is 2. The van der Waals surface area contributed by atoms with Gasteiger partial charge in [0.1, 0.15) is 19.3 Å². The van der Waals surface area contributed by atoms with E-state index in [0.29, 0.717) is 25.7 Å². The second-order valence-electron chi connectivity index (χ2n) is 27.3. The SMILES string of the molecule is CC/C=C\C/C=C\C/C=C\C/C=C\C/C=C\CCCCCC(=O)OCC(COP(=O)(O)OCC(O)COP(=O)(O)OCC(COC(=O)CCCCCCC/C=C\C/C=C\C/C=C\CC)OC(=O)CCCCCCC/C=C\C/C=C\CCCCC)OC(=O)CCCCCCCC/C=C\C/C=C\C/C=C\CCCCC. The number of ether oxygens (including phenoxy) is 4. The molecule has 0 bridgehead atoms. The highest BCUT2D eigenvalue weighted by Crippen LogP contribution is 2.45. The van der Waals surface area contributed by atoms with Gasteiger partial charge in [-0.25, -0.2) is 9.13 Å². The molecule has 0 saturated heterocycles. The fourth-order valence-corrected chi connectivity index (χ4v) is 12.2. The number of allylic oxidation sites excluding steroid dienone is 26. The van der Waals surface area contributed by atoms with E-state index in [2.05, 4.69) is 186 Å². The molecular weight excluding hydrogens is 1400 g/mol. The number of hydrogen-bond donors (Lipinski definition) is 3. The van der Waals surface area contributed by atoms with E-state index in [1.54, 1.807) is 0 Å². The molecule has 0 rings (SSSR count). The number of unbranched alkanes of at least 4 members (excludes halogenated alkanes) is 25. The molecule has 0 saturated carbocycles. The van der Waals surface area contributed by atoms with Gasteiger partial charge in [-0.1, -0.05) is 282 Å². The van der Waals surface area contributed by atoms with Crippen molar-refractivity contribution in [1.29, 1.82) is 0 Å². The number of phosphoric acid groups is 2. The van der Waals surface area contributed by atoms with Gasteiger partial charge in [-0.2, -0.15) is 0 Å². The third-order valence-electron chi connectivity index (χ3n) is 17.0. The zero-order chi connectivity index (χ0) is 78.9. The summed E-state index contributed by atoms with van der Waals surface area (Å²) in [6.07, 6.45) is 93.5. The number of hydrogen-bond acceptors (Lipinski definition) is 15. The molecule has 17 nitrogen and oxygen atoms in total. The lowest BCUT2D eigenvalue weighted by Gasteiger charge is -2.21. The summed E-state index contributed by atoms with van der Waals surface area (Å²) in [7, 11) is -10.00. The second kappa shape index (κ2) is 79.8. The van der Waals surface area contributed by atoms with Gasteiger partial charge in [-0.3, -0.25) is 37.3 Å². The molecule has 0 aliphatic heterocycles. The van der Waals surface area contributed by atoms with Crippen LogP contribution in [-0.4, -0.2) is 96.7 Å². The first-order valence-corrected chi connectivity index (χ1v) is 44.7. The molecule has 0 aromatic rings. The van der Waals surface area contributed by atoms with Crippen molar-refractivity contribution in [3.05, 3.63) is 158 Å². The normalized spacial score (nSPS) is 14.6. The third-order valence-corrected chi connectivity index (χ3v) is 18.9. The van der Waals surface area contributed by atoms with Crippen molar-refractivity contribution in [2.24, 2.45) is 0 Å². The Bertz CT molecular complexity index is 2660. The molecule has 108 heavy (non-hydrogen) atoms. The minimum absolute atomic E-state index is 0.0672. The number of aliphatic hydroxyl groups excluding tert-OH is 1. The number of carbonyl (C=O) groups excluding carboxylic acids is 4. The summed E-state index contributed by atoms with van der Waals surface area (Å²) in [5.41, 5.74) is 0. The molecule has 19 heteroatoms. The Morgan fingerprint density at radius 3 is 0.750 bits per heavy atom. The summed E-state index contributed by atoms with van der Waals surface area (Å²) in [6.45, 7) is 4.52. The summed E-state index contributed by atoms with van der Waals surface area (Å²) < 4.78 is 68.7. The molecule has 0 amide bonds. The van der Waals surface area contributed by atoms with Crippen molar-refractivity contribution < 1.29 is 80.2 Å². The molecular formula is C89H148O17P2. The molecule has 0 aliphatic carbocycles. The molecule has 616 valence electrons. The Morgan fingerprint density at radius 1 is 0.269 bits per heavy atom. The van der Waals surface area contributed by atoms with Crippen molar-refractivity contribution >= 4 is 39.5 Å². The van der Waals surface area contributed by atoms with Crippen molar-refractivity contribution in [3.8, 4) is 0 Å². The van der Waals surface area contributed by atoms with Gasteiger partial charge in [0.25, 0.3) is 0 Å². The van der Waals surface area contributed by atoms with Crippen molar-refractivity contribution in [2.75, 3.05) is 39.6 Å². The standard InChI is InChI=1S/C89H148O17P2/c1-5-9-13-17-21-25-29-33-37-39-41-43-47-50-54-58-62-66-70-74-87(92)100-80-85(106-89(94)76-72-68-64-60-56-52-48-44-42-40-38-34-30-26-22-18-14-10-6-2)82-104-108(97,98)102-78-83(90)77-101-107(95,96)103-81-84(105-88(93)75-71-67-63-59-55-51-46-36-32-28-24-20-16-12-8-4)79-99-86(91)73-69-65-61-57-53-49-45-35-31-27-23-19-15-11-7-3/h9,11,13,15,21-28,33-38,41-46,50,54,83-85,90H,5-8,10,12,14,16-20,29-32,39-40,47-49,51-53,55-82H2,1-4H3,(H,95,96)(H,97,98)/b13-9-,15-11-,25-21-,26-22-,27-23-,28-24-,37-33-,38-34-,43-41-,44-42-,45-35-,46-36-,54-50-. The van der Waals surface area contributed by atoms with Crippen LogP contribution in [0.1, 0.15) is 323 Å². The van der Waals surface area contributed by atoms with Crippen LogP contribution >= 0.6 is 15.6 Å². The maximum atomic E-state index is 13.1. The van der Waals surface area contributed by atoms with E-state index >= 15 is 0 Å². The van der Waals surface area contributed by atoms with Crippen molar-refractivity contribution in [1.82, 2.24) is 0 Å². The predicted molar refractivity (Wildman–Crippen MR) is 445 cm³/mol. The van der Waals surface area contributed by atoms with Gasteiger partial charge >= 0.3 is 39.5 Å². The summed E-state index contributed by atoms with van der Waals surface area (Å²) in [5, 5.41) is 10.7. The first-order chi connectivity index (χ1) is 52.7. The number of esters is 4. The number of aliphatic hydroxyl groups is 1. The number of carbonyl (C=O) groups is 4. The smallest absolute Gasteiger partial charge is 0.462 e. The summed E-state index contributed by atoms with van der Waals surface area (Å²) >= 11 is 0. The van der Waals surface area contributed by atoms with Crippen LogP contribution in [0.4, 0.5) is 0 Å². The van der Waals surface area contributed by atoms with Crippen LogP contribution in [-0.2, 0) is 65.4 Å². The molecule has 0 aliphatic rings. The monoisotopic (exact) mass is 1550 g/mol. The third kappa shape index (κ3) is 78.8. The van der Waals surface area contributed by atoms with Crippen molar-refractivity contribution in [3.63, 3.8) is 0 Å². The molecule has 3 N–H and O–H groups in total. The first kappa shape index (κ1) is 103. The lowest BCUT2D eigenvalue weighted by atomic mass is 10.1. The van der Waals surface area contributed by atoms with E-state index in [1.807, 2.05) is 0 Å². The minimum atomic E-state index is -5.00. The average Bonchev–Trinajstić information content (AvgIpc) is 0.896. The highest BCUT2D eigenvalue weighted by Gasteiger charge is 2.30. The van der Waals surface area contributed by atoms with Gasteiger partial charge in [0.05, 0.1) is 26.4 Å². The minimum Gasteiger partial charge on any atom is -0.462 e. The summed E-state index contributed by atoms with van der Waals surface area (Å²) in [6, 6.07) is 0. The van der Waals surface area contributed by atoms with E-state index in [-0.39, 0.29) is 25.7 Å². The van der Waals surface area contributed by atoms with Crippen LogP contribution in [0.3, 0.4) is 0 Å². The van der Waals surface area contributed by atoms with Crippen LogP contribution in [0.2, 0.25) is 0 Å². The van der Waals surface area contributed by atoms with Gasteiger partial charge < -0.3 is 33.8 Å². The van der Waals surface area contributed by atoms with Gasteiger partial charge in [0.15, 0.2) is 12.2 Å². The average molecular weight is 1550 g/mol. The number of rotatable bonds is 77. The highest BCUT2D eigenvalue weighted by molar-refractivity contribution is 7.47. The van der Waals surface area contributed by atoms with E-state index in [4.69, 9.17) is 37.0 Å². The van der Waals surface area contributed by atoms with Crippen molar-refractivity contribution in [2.45, 2.75) is 341 Å². The Hall–Kier alpha value is -5.32. The largest absolute Gasteiger partial charge is 0.472 e. The molecule has 5 unspecified atom stereocenters. The fraction of sp³-hybridized carbons (Fsp3) is 0.663. The van der Waals surface area contributed by atoms with E-state index in [9.17, 15) is 43.2 Å². The summed E-state index contributed by atoms with van der Waals surface area (Å²) in [5.74, 6) is -2.26. The van der Waals surface area contributed by atoms with E-state index in [0.717, 1.165) is 205 Å². The Morgan fingerprint density at radius 2 is 0.481 bits per heavy atom. The molecule has 0 aromatic carbocycles. The molecule has 0 fully saturated rings. The van der Waals surface area contributed by atoms with E-state index < -0.39 is 97.5 Å². The van der Waals surface area contributed by atoms with Crippen LogP contribution in [0.25, 0.3) is 0 Å². The lowest BCUT2D eigenvalue weighted by Crippen LogP contribution is -2.30. The predicted octanol–water partition coefficient (Wildman–Crippen LogP) is 24.8.